The molecule has 0 unspecified atom stereocenters. The fourth-order valence-electron chi connectivity index (χ4n) is 1.94. The van der Waals surface area contributed by atoms with Crippen LogP contribution in [0.15, 0.2) is 30.5 Å². The number of nitrogens with one attached hydrogen (secondary N) is 1. The summed E-state index contributed by atoms with van der Waals surface area (Å²) >= 11 is 0. The Hall–Kier alpha value is -2.30. The molecule has 0 aliphatic rings. The molecule has 0 radical (unpaired) electrons. The molecule has 0 spiro atoms. The van der Waals surface area contributed by atoms with Crippen molar-refractivity contribution >= 4 is 22.7 Å². The first-order chi connectivity index (χ1) is 8.63. The predicted octanol–water partition coefficient (Wildman–Crippen LogP) is 1.49. The summed E-state index contributed by atoms with van der Waals surface area (Å²) in [4.78, 5) is 11.5. The van der Waals surface area contributed by atoms with Crippen molar-refractivity contribution in [1.29, 1.82) is 5.41 Å². The number of hydrogen-bond acceptors (Lipinski definition) is 3. The second kappa shape index (κ2) is 4.91. The normalized spacial score (nSPS) is 10.5. The molecule has 5 heteroatoms. The molecule has 0 bridgehead atoms. The number of aromatic nitrogens is 1. The van der Waals surface area contributed by atoms with Crippen molar-refractivity contribution < 1.29 is 9.53 Å². The number of nitrogen functional groups attached to an aromatic ring is 1. The monoisotopic (exact) mass is 245 g/mol. The molecule has 94 valence electrons. The Balaban J connectivity index is 2.40. The van der Waals surface area contributed by atoms with Gasteiger partial charge >= 0.3 is 5.97 Å². The lowest BCUT2D eigenvalue weighted by Crippen LogP contribution is -2.13. The maximum absolute atomic E-state index is 11.5. The number of carbonyl (C=O) groups excluding carboxylic acids is 1. The van der Waals surface area contributed by atoms with Crippen LogP contribution in [0.3, 0.4) is 0 Å². The third-order valence-corrected chi connectivity index (χ3v) is 2.71. The van der Waals surface area contributed by atoms with Crippen LogP contribution in [0.25, 0.3) is 10.9 Å². The van der Waals surface area contributed by atoms with Gasteiger partial charge < -0.3 is 15.0 Å². The fourth-order valence-corrected chi connectivity index (χ4v) is 1.94. The molecule has 1 heterocycles. The van der Waals surface area contributed by atoms with E-state index in [1.165, 1.54) is 0 Å². The molecule has 0 amide bonds. The minimum atomic E-state index is -0.275. The van der Waals surface area contributed by atoms with Gasteiger partial charge in [0.2, 0.25) is 0 Å². The topological polar surface area (TPSA) is 81.1 Å². The zero-order valence-corrected chi connectivity index (χ0v) is 10.1. The number of esters is 1. The van der Waals surface area contributed by atoms with E-state index < -0.39 is 0 Å². The summed E-state index contributed by atoms with van der Waals surface area (Å²) in [6.07, 6.45) is 1.80. The van der Waals surface area contributed by atoms with Crippen molar-refractivity contribution in [2.45, 2.75) is 13.5 Å². The van der Waals surface area contributed by atoms with Gasteiger partial charge in [-0.1, -0.05) is 12.1 Å². The fraction of sp³-hybridized carbons (Fsp3) is 0.231. The molecule has 2 rings (SSSR count). The first-order valence-electron chi connectivity index (χ1n) is 5.71. The SMILES string of the molecule is CCOC(=O)Cn1ccc2c(C(=N)N)cccc21. The second-order valence-corrected chi connectivity index (χ2v) is 3.90. The molecule has 0 aliphatic carbocycles. The van der Waals surface area contributed by atoms with Crippen LogP contribution >= 0.6 is 0 Å². The number of nitrogens with zero attached hydrogens (tertiary/aromatic N) is 1. The van der Waals surface area contributed by atoms with Crippen LogP contribution in [-0.2, 0) is 16.1 Å². The molecule has 0 fully saturated rings. The van der Waals surface area contributed by atoms with E-state index >= 15 is 0 Å². The highest BCUT2D eigenvalue weighted by molar-refractivity contribution is 6.07. The lowest BCUT2D eigenvalue weighted by Gasteiger charge is -2.06. The second-order valence-electron chi connectivity index (χ2n) is 3.90. The minimum absolute atomic E-state index is 0.0227. The molecular weight excluding hydrogens is 230 g/mol. The summed E-state index contributed by atoms with van der Waals surface area (Å²) in [6, 6.07) is 7.35. The highest BCUT2D eigenvalue weighted by Crippen LogP contribution is 2.20. The summed E-state index contributed by atoms with van der Waals surface area (Å²) in [5, 5.41) is 8.38. The Morgan fingerprint density at radius 1 is 1.44 bits per heavy atom. The standard InChI is InChI=1S/C13H15N3O2/c1-2-18-12(17)8-16-7-6-9-10(13(14)15)4-3-5-11(9)16/h3-7H,2,8H2,1H3,(H3,14,15). The molecule has 5 nitrogen and oxygen atoms in total. The summed E-state index contributed by atoms with van der Waals surface area (Å²) in [7, 11) is 0. The van der Waals surface area contributed by atoms with Crippen molar-refractivity contribution in [2.24, 2.45) is 5.73 Å². The van der Waals surface area contributed by atoms with Gasteiger partial charge in [0.1, 0.15) is 12.4 Å². The Labute approximate surface area is 105 Å². The lowest BCUT2D eigenvalue weighted by atomic mass is 10.1. The van der Waals surface area contributed by atoms with Crippen molar-refractivity contribution in [3.8, 4) is 0 Å². The van der Waals surface area contributed by atoms with E-state index in [4.69, 9.17) is 15.9 Å². The van der Waals surface area contributed by atoms with Crippen LogP contribution in [0.2, 0.25) is 0 Å². The molecule has 0 saturated carbocycles. The van der Waals surface area contributed by atoms with Gasteiger partial charge in [-0.05, 0) is 19.1 Å². The predicted molar refractivity (Wildman–Crippen MR) is 69.6 cm³/mol. The third kappa shape index (κ3) is 2.20. The number of carbonyl (C=O) groups is 1. The number of ether oxygens (including phenoxy) is 1. The van der Waals surface area contributed by atoms with E-state index in [0.29, 0.717) is 12.2 Å². The zero-order valence-electron chi connectivity index (χ0n) is 10.1. The van der Waals surface area contributed by atoms with E-state index in [1.807, 2.05) is 18.2 Å². The van der Waals surface area contributed by atoms with Crippen LogP contribution in [0.5, 0.6) is 0 Å². The number of fused-ring (bicyclic) bond motifs is 1. The van der Waals surface area contributed by atoms with E-state index in [0.717, 1.165) is 10.9 Å². The number of hydrogen-bond donors (Lipinski definition) is 2. The summed E-state index contributed by atoms with van der Waals surface area (Å²) in [5.41, 5.74) is 7.07. The molecule has 2 aromatic rings. The molecular formula is C13H15N3O2. The molecule has 1 aromatic carbocycles. The Bertz CT molecular complexity index is 601. The minimum Gasteiger partial charge on any atom is -0.465 e. The van der Waals surface area contributed by atoms with Gasteiger partial charge in [0.25, 0.3) is 0 Å². The van der Waals surface area contributed by atoms with Crippen molar-refractivity contribution in [1.82, 2.24) is 4.57 Å². The van der Waals surface area contributed by atoms with Crippen LogP contribution in [0.1, 0.15) is 12.5 Å². The molecule has 0 atom stereocenters. The van der Waals surface area contributed by atoms with Gasteiger partial charge in [0.05, 0.1) is 6.61 Å². The highest BCUT2D eigenvalue weighted by atomic mass is 16.5. The number of amidine groups is 1. The van der Waals surface area contributed by atoms with Gasteiger partial charge in [-0.2, -0.15) is 0 Å². The zero-order chi connectivity index (χ0) is 13.1. The van der Waals surface area contributed by atoms with E-state index in [9.17, 15) is 4.79 Å². The van der Waals surface area contributed by atoms with Gasteiger partial charge in [0, 0.05) is 22.7 Å². The van der Waals surface area contributed by atoms with Crippen LogP contribution in [0.4, 0.5) is 0 Å². The molecule has 0 saturated heterocycles. The Kier molecular flexibility index (Phi) is 3.32. The van der Waals surface area contributed by atoms with E-state index in [1.54, 1.807) is 23.8 Å². The van der Waals surface area contributed by atoms with Gasteiger partial charge in [-0.25, -0.2) is 0 Å². The summed E-state index contributed by atoms with van der Waals surface area (Å²) < 4.78 is 6.71. The smallest absolute Gasteiger partial charge is 0.325 e. The van der Waals surface area contributed by atoms with Gasteiger partial charge in [0.15, 0.2) is 0 Å². The number of benzene rings is 1. The maximum atomic E-state index is 11.5. The maximum Gasteiger partial charge on any atom is 0.325 e. The quantitative estimate of drug-likeness (QED) is 0.486. The third-order valence-electron chi connectivity index (χ3n) is 2.71. The average molecular weight is 245 g/mol. The number of rotatable bonds is 4. The Morgan fingerprint density at radius 3 is 2.89 bits per heavy atom. The van der Waals surface area contributed by atoms with Crippen LogP contribution in [0, 0.1) is 5.41 Å². The molecule has 1 aromatic heterocycles. The van der Waals surface area contributed by atoms with Gasteiger partial charge in [-0.3, -0.25) is 10.2 Å². The molecule has 3 N–H and O–H groups in total. The highest BCUT2D eigenvalue weighted by Gasteiger charge is 2.10. The average Bonchev–Trinajstić information content (AvgIpc) is 2.72. The molecule has 0 aliphatic heterocycles. The van der Waals surface area contributed by atoms with Crippen LogP contribution in [-0.4, -0.2) is 23.0 Å². The van der Waals surface area contributed by atoms with Crippen molar-refractivity contribution in [3.63, 3.8) is 0 Å². The first-order valence-corrected chi connectivity index (χ1v) is 5.71. The first kappa shape index (κ1) is 12.2. The summed E-state index contributed by atoms with van der Waals surface area (Å²) in [5.74, 6) is -0.252. The van der Waals surface area contributed by atoms with Crippen molar-refractivity contribution in [3.05, 3.63) is 36.0 Å². The molecule has 18 heavy (non-hydrogen) atoms. The largest absolute Gasteiger partial charge is 0.465 e. The number of nitrogens with two attached hydrogens (primary N) is 1. The van der Waals surface area contributed by atoms with E-state index in [2.05, 4.69) is 0 Å². The lowest BCUT2D eigenvalue weighted by molar-refractivity contribution is -0.143. The van der Waals surface area contributed by atoms with Crippen molar-refractivity contribution in [2.75, 3.05) is 6.61 Å². The van der Waals surface area contributed by atoms with Gasteiger partial charge in [-0.15, -0.1) is 0 Å². The van der Waals surface area contributed by atoms with E-state index in [-0.39, 0.29) is 18.3 Å². The summed E-state index contributed by atoms with van der Waals surface area (Å²) in [6.45, 7) is 2.31. The van der Waals surface area contributed by atoms with Crippen LogP contribution < -0.4 is 5.73 Å². The Morgan fingerprint density at radius 2 is 2.22 bits per heavy atom.